The zero-order valence-corrected chi connectivity index (χ0v) is 11.8. The summed E-state index contributed by atoms with van der Waals surface area (Å²) in [6.45, 7) is 2.52. The molecule has 1 aromatic carbocycles. The van der Waals surface area contributed by atoms with Crippen LogP contribution in [0.4, 0.5) is 0 Å². The lowest BCUT2D eigenvalue weighted by Crippen LogP contribution is -2.24. The van der Waals surface area contributed by atoms with Gasteiger partial charge in [0.05, 0.1) is 31.5 Å². The van der Waals surface area contributed by atoms with E-state index < -0.39 is 0 Å². The van der Waals surface area contributed by atoms with Crippen LogP contribution in [0.15, 0.2) is 30.3 Å². The zero-order valence-electron chi connectivity index (χ0n) is 11.8. The van der Waals surface area contributed by atoms with Crippen LogP contribution in [0, 0.1) is 0 Å². The van der Waals surface area contributed by atoms with Crippen LogP contribution in [-0.2, 0) is 24.2 Å². The molecule has 106 valence electrons. The molecule has 5 heteroatoms. The van der Waals surface area contributed by atoms with Gasteiger partial charge in [-0.1, -0.05) is 19.1 Å². The molecular formula is C15H19N3O2. The maximum Gasteiger partial charge on any atom is 0.224 e. The highest BCUT2D eigenvalue weighted by Gasteiger charge is 2.05. The van der Waals surface area contributed by atoms with Crippen molar-refractivity contribution in [1.29, 1.82) is 0 Å². The summed E-state index contributed by atoms with van der Waals surface area (Å²) in [6.07, 6.45) is 1.25. The molecule has 1 heterocycles. The topological polar surface area (TPSA) is 67.0 Å². The minimum absolute atomic E-state index is 0.0113. The number of hydrogen-bond donors (Lipinski definition) is 2. The molecule has 0 aliphatic heterocycles. The number of benzene rings is 1. The van der Waals surface area contributed by atoms with Crippen LogP contribution >= 0.6 is 0 Å². The van der Waals surface area contributed by atoms with Crippen molar-refractivity contribution in [3.8, 4) is 5.75 Å². The number of amides is 1. The van der Waals surface area contributed by atoms with Gasteiger partial charge in [0.1, 0.15) is 5.75 Å². The number of rotatable bonds is 6. The Morgan fingerprint density at radius 2 is 2.10 bits per heavy atom. The van der Waals surface area contributed by atoms with Crippen LogP contribution in [-0.4, -0.2) is 23.2 Å². The summed E-state index contributed by atoms with van der Waals surface area (Å²) >= 11 is 0. The number of nitrogens with one attached hydrogen (secondary N) is 2. The van der Waals surface area contributed by atoms with Crippen molar-refractivity contribution in [2.45, 2.75) is 26.3 Å². The zero-order chi connectivity index (χ0) is 14.4. The molecule has 5 nitrogen and oxygen atoms in total. The molecule has 0 radical (unpaired) electrons. The van der Waals surface area contributed by atoms with E-state index in [2.05, 4.69) is 15.5 Å². The highest BCUT2D eigenvalue weighted by molar-refractivity contribution is 5.78. The van der Waals surface area contributed by atoms with Gasteiger partial charge in [-0.25, -0.2) is 0 Å². The Hall–Kier alpha value is -2.30. The van der Waals surface area contributed by atoms with E-state index >= 15 is 0 Å². The second kappa shape index (κ2) is 6.75. The molecule has 0 bridgehead atoms. The highest BCUT2D eigenvalue weighted by Crippen LogP contribution is 2.11. The third kappa shape index (κ3) is 3.85. The molecule has 1 amide bonds. The maximum atomic E-state index is 11.8. The number of hydrogen-bond acceptors (Lipinski definition) is 3. The van der Waals surface area contributed by atoms with Crippen LogP contribution < -0.4 is 10.1 Å². The van der Waals surface area contributed by atoms with Crippen molar-refractivity contribution in [3.63, 3.8) is 0 Å². The fourth-order valence-corrected chi connectivity index (χ4v) is 1.87. The second-order valence-corrected chi connectivity index (χ2v) is 4.54. The summed E-state index contributed by atoms with van der Waals surface area (Å²) in [5, 5.41) is 9.91. The number of H-pyrrole nitrogens is 1. The molecule has 0 fully saturated rings. The number of carbonyl (C=O) groups is 1. The van der Waals surface area contributed by atoms with Gasteiger partial charge in [0.15, 0.2) is 0 Å². The molecular weight excluding hydrogens is 254 g/mol. The number of methoxy groups -OCH3 is 1. The Kier molecular flexibility index (Phi) is 4.76. The highest BCUT2D eigenvalue weighted by atomic mass is 16.5. The molecule has 0 spiro atoms. The van der Waals surface area contributed by atoms with E-state index in [1.807, 2.05) is 37.3 Å². The van der Waals surface area contributed by atoms with Crippen LogP contribution in [0.3, 0.4) is 0 Å². The van der Waals surface area contributed by atoms with Crippen LogP contribution in [0.5, 0.6) is 5.75 Å². The van der Waals surface area contributed by atoms with Gasteiger partial charge in [-0.05, 0) is 30.2 Å². The van der Waals surface area contributed by atoms with Crippen molar-refractivity contribution in [3.05, 3.63) is 47.3 Å². The van der Waals surface area contributed by atoms with E-state index in [4.69, 9.17) is 4.74 Å². The van der Waals surface area contributed by atoms with Crippen molar-refractivity contribution >= 4 is 5.91 Å². The Morgan fingerprint density at radius 3 is 2.70 bits per heavy atom. The van der Waals surface area contributed by atoms with Crippen LogP contribution in [0.2, 0.25) is 0 Å². The minimum atomic E-state index is -0.0113. The van der Waals surface area contributed by atoms with Crippen LogP contribution in [0.1, 0.15) is 23.9 Å². The second-order valence-electron chi connectivity index (χ2n) is 4.54. The molecule has 1 aromatic heterocycles. The molecule has 0 atom stereocenters. The van der Waals surface area contributed by atoms with E-state index in [0.717, 1.165) is 29.1 Å². The van der Waals surface area contributed by atoms with Gasteiger partial charge in [0.2, 0.25) is 5.91 Å². The lowest BCUT2D eigenvalue weighted by Gasteiger charge is -2.05. The van der Waals surface area contributed by atoms with Crippen molar-refractivity contribution < 1.29 is 9.53 Å². The van der Waals surface area contributed by atoms with E-state index in [1.54, 1.807) is 7.11 Å². The number of nitrogens with zero attached hydrogens (tertiary/aromatic N) is 1. The largest absolute Gasteiger partial charge is 0.497 e. The summed E-state index contributed by atoms with van der Waals surface area (Å²) in [5.41, 5.74) is 2.89. The number of carbonyl (C=O) groups excluding carboxylic acids is 1. The quantitative estimate of drug-likeness (QED) is 0.844. The number of ether oxygens (including phenoxy) is 1. The summed E-state index contributed by atoms with van der Waals surface area (Å²) in [5.74, 6) is 0.779. The lowest BCUT2D eigenvalue weighted by molar-refractivity contribution is -0.120. The molecule has 0 saturated carbocycles. The molecule has 0 unspecified atom stereocenters. The SMILES string of the molecule is CCc1cc(CNC(=O)Cc2ccc(OC)cc2)[nH]n1. The Balaban J connectivity index is 1.82. The van der Waals surface area contributed by atoms with Crippen LogP contribution in [0.25, 0.3) is 0 Å². The first-order valence-corrected chi connectivity index (χ1v) is 6.64. The van der Waals surface area contributed by atoms with Crippen molar-refractivity contribution in [2.75, 3.05) is 7.11 Å². The number of aryl methyl sites for hydroxylation is 1. The predicted molar refractivity (Wildman–Crippen MR) is 76.5 cm³/mol. The first kappa shape index (κ1) is 14.1. The minimum Gasteiger partial charge on any atom is -0.497 e. The number of aromatic nitrogens is 2. The summed E-state index contributed by atoms with van der Waals surface area (Å²) in [4.78, 5) is 11.8. The molecule has 0 saturated heterocycles. The fourth-order valence-electron chi connectivity index (χ4n) is 1.87. The fraction of sp³-hybridized carbons (Fsp3) is 0.333. The predicted octanol–water partition coefficient (Wildman–Crippen LogP) is 1.84. The third-order valence-electron chi connectivity index (χ3n) is 3.05. The van der Waals surface area contributed by atoms with Gasteiger partial charge in [0, 0.05) is 0 Å². The maximum absolute atomic E-state index is 11.8. The average Bonchev–Trinajstić information content (AvgIpc) is 2.94. The van der Waals surface area contributed by atoms with Crippen molar-refractivity contribution in [2.24, 2.45) is 0 Å². The smallest absolute Gasteiger partial charge is 0.224 e. The lowest BCUT2D eigenvalue weighted by atomic mass is 10.1. The van der Waals surface area contributed by atoms with E-state index in [9.17, 15) is 4.79 Å². The van der Waals surface area contributed by atoms with E-state index in [-0.39, 0.29) is 5.91 Å². The third-order valence-corrected chi connectivity index (χ3v) is 3.05. The van der Waals surface area contributed by atoms with Gasteiger partial charge >= 0.3 is 0 Å². The van der Waals surface area contributed by atoms with Gasteiger partial charge in [-0.3, -0.25) is 9.89 Å². The Bertz CT molecular complexity index is 561. The van der Waals surface area contributed by atoms with Gasteiger partial charge in [0.25, 0.3) is 0 Å². The summed E-state index contributed by atoms with van der Waals surface area (Å²) < 4.78 is 5.08. The molecule has 0 aliphatic rings. The molecule has 0 aliphatic carbocycles. The van der Waals surface area contributed by atoms with E-state index in [1.165, 1.54) is 0 Å². The molecule has 2 rings (SSSR count). The average molecular weight is 273 g/mol. The normalized spacial score (nSPS) is 10.3. The molecule has 20 heavy (non-hydrogen) atoms. The summed E-state index contributed by atoms with van der Waals surface area (Å²) in [7, 11) is 1.62. The molecule has 2 aromatic rings. The Labute approximate surface area is 118 Å². The standard InChI is InChI=1S/C15H19N3O2/c1-3-12-9-13(18-17-12)10-16-15(19)8-11-4-6-14(20-2)7-5-11/h4-7,9H,3,8,10H2,1-2H3,(H,16,19)(H,17,18). The number of aromatic amines is 1. The van der Waals surface area contributed by atoms with Gasteiger partial charge in [-0.15, -0.1) is 0 Å². The van der Waals surface area contributed by atoms with Crippen molar-refractivity contribution in [1.82, 2.24) is 15.5 Å². The Morgan fingerprint density at radius 1 is 1.35 bits per heavy atom. The van der Waals surface area contributed by atoms with E-state index in [0.29, 0.717) is 13.0 Å². The van der Waals surface area contributed by atoms with Gasteiger partial charge < -0.3 is 10.1 Å². The first-order valence-electron chi connectivity index (χ1n) is 6.64. The summed E-state index contributed by atoms with van der Waals surface area (Å²) in [6, 6.07) is 9.46. The monoisotopic (exact) mass is 273 g/mol. The first-order chi connectivity index (χ1) is 9.71. The molecule has 2 N–H and O–H groups in total. The van der Waals surface area contributed by atoms with Gasteiger partial charge in [-0.2, -0.15) is 5.10 Å².